The molecule has 1 atom stereocenters. The van der Waals surface area contributed by atoms with Gasteiger partial charge in [0.25, 0.3) is 5.91 Å². The Morgan fingerprint density at radius 3 is 2.59 bits per heavy atom. The second kappa shape index (κ2) is 9.41. The van der Waals surface area contributed by atoms with Crippen molar-refractivity contribution in [2.24, 2.45) is 5.92 Å². The van der Waals surface area contributed by atoms with Crippen molar-refractivity contribution in [3.63, 3.8) is 0 Å². The van der Waals surface area contributed by atoms with Gasteiger partial charge in [0.1, 0.15) is 6.54 Å². The van der Waals surface area contributed by atoms with Gasteiger partial charge in [-0.15, -0.1) is 0 Å². The Bertz CT molecular complexity index is 1090. The maximum Gasteiger partial charge on any atom is 0.274 e. The second-order valence-electron chi connectivity index (χ2n) is 9.96. The Morgan fingerprint density at radius 2 is 1.85 bits per heavy atom. The molecule has 34 heavy (non-hydrogen) atoms. The predicted octanol–water partition coefficient (Wildman–Crippen LogP) is 1.79. The fraction of sp³-hybridized carbons (Fsp3) is 0.577. The maximum absolute atomic E-state index is 13.2. The molecule has 1 aliphatic carbocycles. The lowest BCUT2D eigenvalue weighted by Crippen LogP contribution is -2.50. The maximum atomic E-state index is 13.2. The van der Waals surface area contributed by atoms with E-state index < -0.39 is 0 Å². The van der Waals surface area contributed by atoms with Crippen molar-refractivity contribution < 1.29 is 14.7 Å². The summed E-state index contributed by atoms with van der Waals surface area (Å²) in [6.07, 6.45) is 3.53. The summed E-state index contributed by atoms with van der Waals surface area (Å²) in [5, 5.41) is 14.1. The number of aliphatic hydroxyl groups excluding tert-OH is 1. The number of piperazine rings is 1. The lowest BCUT2D eigenvalue weighted by Gasteiger charge is -2.37. The molecule has 8 heteroatoms. The number of fused-ring (bicyclic) bond motifs is 1. The third-order valence-electron chi connectivity index (χ3n) is 7.87. The van der Waals surface area contributed by atoms with Gasteiger partial charge in [0.15, 0.2) is 5.69 Å². The van der Waals surface area contributed by atoms with Gasteiger partial charge >= 0.3 is 0 Å². The lowest BCUT2D eigenvalue weighted by atomic mass is 10.1. The van der Waals surface area contributed by atoms with Crippen LogP contribution in [-0.4, -0.2) is 82.4 Å². The van der Waals surface area contributed by atoms with Gasteiger partial charge in [-0.1, -0.05) is 12.1 Å². The molecule has 3 aliphatic rings. The molecule has 2 aliphatic heterocycles. The molecule has 0 unspecified atom stereocenters. The van der Waals surface area contributed by atoms with Crippen LogP contribution in [0.4, 0.5) is 5.69 Å². The van der Waals surface area contributed by atoms with Crippen LogP contribution in [0.3, 0.4) is 0 Å². The minimum Gasteiger partial charge on any atom is -0.396 e. The van der Waals surface area contributed by atoms with Crippen molar-refractivity contribution in [1.82, 2.24) is 19.6 Å². The molecule has 2 aromatic rings. The Morgan fingerprint density at radius 1 is 1.06 bits per heavy atom. The van der Waals surface area contributed by atoms with Gasteiger partial charge in [-0.3, -0.25) is 14.3 Å². The first kappa shape index (κ1) is 22.9. The Kier molecular flexibility index (Phi) is 6.34. The number of benzene rings is 1. The van der Waals surface area contributed by atoms with Crippen LogP contribution in [0.25, 0.3) is 0 Å². The first-order chi connectivity index (χ1) is 16.5. The van der Waals surface area contributed by atoms with Gasteiger partial charge in [0, 0.05) is 68.7 Å². The normalized spacial score (nSPS) is 20.2. The molecule has 2 saturated heterocycles. The average molecular weight is 466 g/mol. The highest BCUT2D eigenvalue weighted by Crippen LogP contribution is 2.28. The molecule has 0 saturated carbocycles. The Hall–Kier alpha value is -2.87. The second-order valence-corrected chi connectivity index (χ2v) is 9.96. The zero-order valence-electron chi connectivity index (χ0n) is 20.3. The van der Waals surface area contributed by atoms with E-state index in [4.69, 9.17) is 0 Å². The van der Waals surface area contributed by atoms with Crippen LogP contribution in [0.2, 0.25) is 0 Å². The van der Waals surface area contributed by atoms with Crippen molar-refractivity contribution in [2.75, 3.05) is 50.8 Å². The van der Waals surface area contributed by atoms with E-state index in [0.717, 1.165) is 50.0 Å². The molecule has 1 aromatic heterocycles. The molecule has 182 valence electrons. The van der Waals surface area contributed by atoms with E-state index in [1.54, 1.807) is 9.58 Å². The summed E-state index contributed by atoms with van der Waals surface area (Å²) in [6.45, 7) is 8.86. The van der Waals surface area contributed by atoms with E-state index >= 15 is 0 Å². The van der Waals surface area contributed by atoms with E-state index in [2.05, 4.69) is 42.0 Å². The highest BCUT2D eigenvalue weighted by Gasteiger charge is 2.33. The van der Waals surface area contributed by atoms with E-state index in [0.29, 0.717) is 31.9 Å². The number of rotatable bonds is 5. The highest BCUT2D eigenvalue weighted by atomic mass is 16.3. The number of carbonyl (C=O) groups excluding carboxylic acids is 2. The summed E-state index contributed by atoms with van der Waals surface area (Å²) < 4.78 is 1.79. The monoisotopic (exact) mass is 465 g/mol. The molecular weight excluding hydrogens is 430 g/mol. The number of amides is 2. The number of carbonyl (C=O) groups is 2. The largest absolute Gasteiger partial charge is 0.396 e. The number of anilines is 1. The molecule has 2 fully saturated rings. The average Bonchev–Trinajstić information content (AvgIpc) is 3.58. The highest BCUT2D eigenvalue weighted by molar-refractivity contribution is 5.94. The SMILES string of the molecule is Cc1cccc(N2CCN(C(=O)Cn3nc(C(=O)N4CC[C@H](CO)C4)c4c3CCC4)CC2)c1C. The molecule has 3 heterocycles. The smallest absolute Gasteiger partial charge is 0.274 e. The Labute approximate surface area is 201 Å². The zero-order valence-corrected chi connectivity index (χ0v) is 20.3. The fourth-order valence-corrected chi connectivity index (χ4v) is 5.63. The third-order valence-corrected chi connectivity index (χ3v) is 7.87. The first-order valence-corrected chi connectivity index (χ1v) is 12.5. The van der Waals surface area contributed by atoms with Crippen LogP contribution < -0.4 is 4.90 Å². The van der Waals surface area contributed by atoms with Gasteiger partial charge in [-0.2, -0.15) is 5.10 Å². The summed E-state index contributed by atoms with van der Waals surface area (Å²) in [5.41, 5.74) is 6.42. The van der Waals surface area contributed by atoms with Crippen LogP contribution >= 0.6 is 0 Å². The molecule has 0 radical (unpaired) electrons. The van der Waals surface area contributed by atoms with E-state index in [1.165, 1.54) is 16.8 Å². The molecule has 0 bridgehead atoms. The number of aliphatic hydroxyl groups is 1. The minimum atomic E-state index is -0.0533. The topological polar surface area (TPSA) is 81.9 Å². The summed E-state index contributed by atoms with van der Waals surface area (Å²) in [4.78, 5) is 32.4. The summed E-state index contributed by atoms with van der Waals surface area (Å²) in [6, 6.07) is 6.39. The van der Waals surface area contributed by atoms with Crippen LogP contribution in [0.1, 0.15) is 45.7 Å². The number of likely N-dealkylation sites (tertiary alicyclic amines) is 1. The van der Waals surface area contributed by atoms with E-state index in [1.807, 2.05) is 4.90 Å². The van der Waals surface area contributed by atoms with Gasteiger partial charge in [0.05, 0.1) is 0 Å². The fourth-order valence-electron chi connectivity index (χ4n) is 5.63. The van der Waals surface area contributed by atoms with Crippen molar-refractivity contribution in [3.8, 4) is 0 Å². The predicted molar refractivity (Wildman–Crippen MR) is 130 cm³/mol. The van der Waals surface area contributed by atoms with Crippen molar-refractivity contribution in [1.29, 1.82) is 0 Å². The summed E-state index contributed by atoms with van der Waals surface area (Å²) >= 11 is 0. The molecule has 1 aromatic carbocycles. The number of nitrogens with zero attached hydrogens (tertiary/aromatic N) is 5. The molecule has 1 N–H and O–H groups in total. The van der Waals surface area contributed by atoms with Crippen LogP contribution in [-0.2, 0) is 24.2 Å². The number of hydrogen-bond acceptors (Lipinski definition) is 5. The van der Waals surface area contributed by atoms with E-state index in [9.17, 15) is 14.7 Å². The van der Waals surface area contributed by atoms with E-state index in [-0.39, 0.29) is 30.9 Å². The third kappa shape index (κ3) is 4.19. The molecule has 8 nitrogen and oxygen atoms in total. The van der Waals surface area contributed by atoms with Gasteiger partial charge in [0.2, 0.25) is 5.91 Å². The standard InChI is InChI=1S/C26H35N5O3/c1-18-5-3-7-22(19(18)2)28-11-13-29(14-12-28)24(33)16-31-23-8-4-6-21(23)25(27-31)26(34)30-10-9-20(15-30)17-32/h3,5,7,20,32H,4,6,8-17H2,1-2H3/t20-/m0/s1. The minimum absolute atomic E-state index is 0.0533. The molecule has 0 spiro atoms. The van der Waals surface area contributed by atoms with Crippen molar-refractivity contribution in [3.05, 3.63) is 46.3 Å². The molecule has 2 amide bonds. The quantitative estimate of drug-likeness (QED) is 0.728. The summed E-state index contributed by atoms with van der Waals surface area (Å²) in [7, 11) is 0. The van der Waals surface area contributed by atoms with Crippen LogP contribution in [0.5, 0.6) is 0 Å². The van der Waals surface area contributed by atoms with Crippen LogP contribution in [0.15, 0.2) is 18.2 Å². The molecule has 5 rings (SSSR count). The van der Waals surface area contributed by atoms with Crippen molar-refractivity contribution >= 4 is 17.5 Å². The zero-order chi connectivity index (χ0) is 23.8. The lowest BCUT2D eigenvalue weighted by molar-refractivity contribution is -0.132. The number of aryl methyl sites for hydroxylation is 1. The number of hydrogen-bond donors (Lipinski definition) is 1. The van der Waals surface area contributed by atoms with Gasteiger partial charge in [-0.25, -0.2) is 0 Å². The van der Waals surface area contributed by atoms with Crippen LogP contribution in [0, 0.1) is 19.8 Å². The Balaban J connectivity index is 1.25. The summed E-state index contributed by atoms with van der Waals surface area (Å²) in [5.74, 6) is 0.170. The van der Waals surface area contributed by atoms with Gasteiger partial charge < -0.3 is 19.8 Å². The first-order valence-electron chi connectivity index (χ1n) is 12.5. The van der Waals surface area contributed by atoms with Gasteiger partial charge in [-0.05, 0) is 56.7 Å². The number of aromatic nitrogens is 2. The molecular formula is C26H35N5O3. The van der Waals surface area contributed by atoms with Crippen molar-refractivity contribution in [2.45, 2.75) is 46.1 Å².